The number of hydrogen-bond acceptors (Lipinski definition) is 5. The van der Waals surface area contributed by atoms with E-state index in [1.165, 1.54) is 29.7 Å². The summed E-state index contributed by atoms with van der Waals surface area (Å²) in [5, 5.41) is 14.0. The molecule has 5 rings (SSSR count). The van der Waals surface area contributed by atoms with E-state index in [1.807, 2.05) is 12.1 Å². The molecule has 1 N–H and O–H groups in total. The molecule has 1 aliphatic heterocycles. The van der Waals surface area contributed by atoms with Gasteiger partial charge < -0.3 is 5.11 Å². The highest BCUT2D eigenvalue weighted by molar-refractivity contribution is 7.07. The first-order valence-corrected chi connectivity index (χ1v) is 10.1. The quantitative estimate of drug-likeness (QED) is 0.749. The van der Waals surface area contributed by atoms with E-state index in [4.69, 9.17) is 9.97 Å². The molecule has 1 fully saturated rings. The molecule has 3 aromatic rings. The number of phenolic OH excluding ortho intramolecular Hbond substituents is 1. The van der Waals surface area contributed by atoms with Gasteiger partial charge in [0.05, 0.1) is 11.4 Å². The molecular formula is C21H21N3OS. The van der Waals surface area contributed by atoms with Crippen molar-refractivity contribution in [2.24, 2.45) is 0 Å². The third kappa shape index (κ3) is 3.13. The van der Waals surface area contributed by atoms with E-state index in [0.29, 0.717) is 5.92 Å². The van der Waals surface area contributed by atoms with Crippen molar-refractivity contribution in [1.29, 1.82) is 0 Å². The zero-order valence-corrected chi connectivity index (χ0v) is 15.4. The topological polar surface area (TPSA) is 49.3 Å². The maximum absolute atomic E-state index is 9.64. The van der Waals surface area contributed by atoms with Gasteiger partial charge in [0.1, 0.15) is 11.6 Å². The van der Waals surface area contributed by atoms with Crippen LogP contribution in [-0.4, -0.2) is 26.5 Å². The Labute approximate surface area is 157 Å². The minimum Gasteiger partial charge on any atom is -0.508 e. The fraction of sp³-hybridized carbons (Fsp3) is 0.333. The van der Waals surface area contributed by atoms with Crippen molar-refractivity contribution in [1.82, 2.24) is 14.9 Å². The van der Waals surface area contributed by atoms with Crippen molar-refractivity contribution in [3.8, 4) is 17.0 Å². The highest BCUT2D eigenvalue weighted by Gasteiger charge is 2.30. The lowest BCUT2D eigenvalue weighted by Crippen LogP contribution is -2.31. The van der Waals surface area contributed by atoms with Crippen LogP contribution in [0.25, 0.3) is 11.3 Å². The monoisotopic (exact) mass is 363 g/mol. The van der Waals surface area contributed by atoms with Gasteiger partial charge in [0.15, 0.2) is 0 Å². The highest BCUT2D eigenvalue weighted by Crippen LogP contribution is 2.40. The molecule has 0 radical (unpaired) electrons. The molecule has 1 aromatic carbocycles. The van der Waals surface area contributed by atoms with Gasteiger partial charge in [-0.1, -0.05) is 0 Å². The van der Waals surface area contributed by atoms with E-state index in [9.17, 15) is 5.11 Å². The summed E-state index contributed by atoms with van der Waals surface area (Å²) in [5.41, 5.74) is 5.96. The van der Waals surface area contributed by atoms with E-state index in [2.05, 4.69) is 21.7 Å². The SMILES string of the molecule is Oc1ccc(-c2nc(C3CC3)nc3c2CN(Cc2ccsc2)CC3)cc1. The van der Waals surface area contributed by atoms with E-state index >= 15 is 0 Å². The van der Waals surface area contributed by atoms with Crippen LogP contribution in [0.4, 0.5) is 0 Å². The molecule has 132 valence electrons. The van der Waals surface area contributed by atoms with Crippen LogP contribution in [0.2, 0.25) is 0 Å². The summed E-state index contributed by atoms with van der Waals surface area (Å²) < 4.78 is 0. The highest BCUT2D eigenvalue weighted by atomic mass is 32.1. The molecular weight excluding hydrogens is 342 g/mol. The average Bonchev–Trinajstić information content (AvgIpc) is 3.39. The van der Waals surface area contributed by atoms with Crippen molar-refractivity contribution < 1.29 is 5.11 Å². The third-order valence-electron chi connectivity index (χ3n) is 5.23. The predicted molar refractivity (Wildman–Crippen MR) is 103 cm³/mol. The van der Waals surface area contributed by atoms with E-state index in [0.717, 1.165) is 43.1 Å². The molecule has 0 saturated heterocycles. The van der Waals surface area contributed by atoms with Crippen LogP contribution < -0.4 is 0 Å². The standard InChI is InChI=1S/C21H21N3OS/c25-17-5-3-15(4-6-17)20-18-12-24(11-14-8-10-26-13-14)9-7-19(18)22-21(23-20)16-1-2-16/h3-6,8,10,13,16,25H,1-2,7,9,11-12H2. The first-order valence-electron chi connectivity index (χ1n) is 9.19. The summed E-state index contributed by atoms with van der Waals surface area (Å²) in [6.45, 7) is 2.90. The molecule has 1 saturated carbocycles. The molecule has 0 amide bonds. The largest absolute Gasteiger partial charge is 0.508 e. The third-order valence-corrected chi connectivity index (χ3v) is 5.96. The van der Waals surface area contributed by atoms with Crippen molar-refractivity contribution in [2.45, 2.75) is 38.3 Å². The Hall–Kier alpha value is -2.24. The zero-order chi connectivity index (χ0) is 17.5. The fourth-order valence-corrected chi connectivity index (χ4v) is 4.31. The molecule has 1 aliphatic carbocycles. The summed E-state index contributed by atoms with van der Waals surface area (Å²) in [5.74, 6) is 1.84. The number of rotatable bonds is 4. The van der Waals surface area contributed by atoms with Crippen LogP contribution >= 0.6 is 11.3 Å². The Kier molecular flexibility index (Phi) is 3.98. The molecule has 2 aromatic heterocycles. The molecule has 0 unspecified atom stereocenters. The Morgan fingerprint density at radius 3 is 2.69 bits per heavy atom. The number of aromatic nitrogens is 2. The smallest absolute Gasteiger partial charge is 0.132 e. The van der Waals surface area contributed by atoms with Gasteiger partial charge in [0, 0.05) is 43.1 Å². The maximum Gasteiger partial charge on any atom is 0.132 e. The molecule has 3 heterocycles. The lowest BCUT2D eigenvalue weighted by atomic mass is 9.98. The van der Waals surface area contributed by atoms with Gasteiger partial charge in [-0.3, -0.25) is 4.90 Å². The van der Waals surface area contributed by atoms with Gasteiger partial charge in [-0.25, -0.2) is 9.97 Å². The summed E-state index contributed by atoms with van der Waals surface area (Å²) in [4.78, 5) is 12.4. The van der Waals surface area contributed by atoms with Crippen LogP contribution in [0.1, 0.15) is 41.4 Å². The Morgan fingerprint density at radius 1 is 1.12 bits per heavy atom. The van der Waals surface area contributed by atoms with Gasteiger partial charge in [-0.15, -0.1) is 0 Å². The van der Waals surface area contributed by atoms with Crippen molar-refractivity contribution in [2.75, 3.05) is 6.54 Å². The van der Waals surface area contributed by atoms with Crippen molar-refractivity contribution in [3.63, 3.8) is 0 Å². The predicted octanol–water partition coefficient (Wildman–Crippen LogP) is 4.35. The molecule has 0 atom stereocenters. The zero-order valence-electron chi connectivity index (χ0n) is 14.6. The Bertz CT molecular complexity index is 917. The minimum absolute atomic E-state index is 0.290. The number of hydrogen-bond donors (Lipinski definition) is 1. The van der Waals surface area contributed by atoms with Gasteiger partial charge in [0.25, 0.3) is 0 Å². The van der Waals surface area contributed by atoms with Crippen molar-refractivity contribution >= 4 is 11.3 Å². The Balaban J connectivity index is 1.53. The molecule has 2 aliphatic rings. The van der Waals surface area contributed by atoms with E-state index in [1.54, 1.807) is 23.5 Å². The summed E-state index contributed by atoms with van der Waals surface area (Å²) in [6.07, 6.45) is 3.39. The van der Waals surface area contributed by atoms with Gasteiger partial charge in [-0.05, 0) is 59.5 Å². The molecule has 5 heteroatoms. The first-order chi connectivity index (χ1) is 12.8. The molecule has 0 bridgehead atoms. The van der Waals surface area contributed by atoms with Crippen molar-refractivity contribution in [3.05, 3.63) is 63.7 Å². The van der Waals surface area contributed by atoms with Gasteiger partial charge in [0.2, 0.25) is 0 Å². The summed E-state index contributed by atoms with van der Waals surface area (Å²) in [6, 6.07) is 9.62. The number of nitrogens with zero attached hydrogens (tertiary/aromatic N) is 3. The van der Waals surface area contributed by atoms with Gasteiger partial charge >= 0.3 is 0 Å². The number of aromatic hydroxyl groups is 1. The number of benzene rings is 1. The maximum atomic E-state index is 9.64. The Morgan fingerprint density at radius 2 is 1.96 bits per heavy atom. The summed E-state index contributed by atoms with van der Waals surface area (Å²) >= 11 is 1.75. The van der Waals surface area contributed by atoms with Gasteiger partial charge in [-0.2, -0.15) is 11.3 Å². The van der Waals surface area contributed by atoms with Crippen LogP contribution in [-0.2, 0) is 19.5 Å². The van der Waals surface area contributed by atoms with E-state index in [-0.39, 0.29) is 5.75 Å². The second kappa shape index (κ2) is 6.49. The average molecular weight is 363 g/mol. The number of phenols is 1. The second-order valence-corrected chi connectivity index (χ2v) is 8.05. The second-order valence-electron chi connectivity index (χ2n) is 7.27. The molecule has 26 heavy (non-hydrogen) atoms. The lowest BCUT2D eigenvalue weighted by Gasteiger charge is -2.29. The van der Waals surface area contributed by atoms with Crippen LogP contribution in [0.3, 0.4) is 0 Å². The number of fused-ring (bicyclic) bond motifs is 1. The minimum atomic E-state index is 0.290. The normalized spacial score (nSPS) is 17.2. The van der Waals surface area contributed by atoms with Crippen LogP contribution in [0.15, 0.2) is 41.1 Å². The van der Waals surface area contributed by atoms with E-state index < -0.39 is 0 Å². The van der Waals surface area contributed by atoms with Crippen LogP contribution in [0, 0.1) is 0 Å². The molecule has 4 nitrogen and oxygen atoms in total. The molecule has 0 spiro atoms. The first kappa shape index (κ1) is 16.0. The fourth-order valence-electron chi connectivity index (χ4n) is 3.65. The van der Waals surface area contributed by atoms with Crippen LogP contribution in [0.5, 0.6) is 5.75 Å². The lowest BCUT2D eigenvalue weighted by molar-refractivity contribution is 0.243. The summed E-state index contributed by atoms with van der Waals surface area (Å²) in [7, 11) is 0. The number of thiophene rings is 1.